The number of imidazole rings is 1. The summed E-state index contributed by atoms with van der Waals surface area (Å²) in [7, 11) is -3.75. The number of fused-ring (bicyclic) bond motifs is 1. The van der Waals surface area contributed by atoms with E-state index in [4.69, 9.17) is 5.14 Å². The Morgan fingerprint density at radius 2 is 1.97 bits per heavy atom. The Labute approximate surface area is 167 Å². The van der Waals surface area contributed by atoms with Crippen molar-refractivity contribution in [1.29, 1.82) is 5.26 Å². The van der Waals surface area contributed by atoms with Crippen LogP contribution in [0.1, 0.15) is 17.1 Å². The molecule has 0 saturated heterocycles. The van der Waals surface area contributed by atoms with Gasteiger partial charge in [-0.05, 0) is 67.1 Å². The molecule has 4 aromatic rings. The molecule has 0 amide bonds. The molecule has 0 unspecified atom stereocenters. The first-order valence-corrected chi connectivity index (χ1v) is 10.3. The van der Waals surface area contributed by atoms with Crippen molar-refractivity contribution in [3.63, 3.8) is 0 Å². The second kappa shape index (κ2) is 7.05. The van der Waals surface area contributed by atoms with Gasteiger partial charge in [0.15, 0.2) is 0 Å². The molecule has 0 bridgehead atoms. The first kappa shape index (κ1) is 18.7. The van der Waals surface area contributed by atoms with Crippen LogP contribution in [-0.4, -0.2) is 23.0 Å². The number of hydrogen-bond donors (Lipinski definition) is 2. The SMILES string of the molecule is Cc1ccc2nc(/C(C#N)=C/c3cccn3-c3ccc(S(N)(=O)=O)cc3)[nH]c2c1. The molecule has 4 rings (SSSR count). The lowest BCUT2D eigenvalue weighted by Crippen LogP contribution is -2.12. The zero-order chi connectivity index (χ0) is 20.6. The van der Waals surface area contributed by atoms with Crippen LogP contribution in [-0.2, 0) is 10.0 Å². The van der Waals surface area contributed by atoms with Crippen LogP contribution in [0.2, 0.25) is 0 Å². The number of aryl methyl sites for hydroxylation is 1. The van der Waals surface area contributed by atoms with Gasteiger partial charge in [0.25, 0.3) is 0 Å². The van der Waals surface area contributed by atoms with Crippen LogP contribution in [0.15, 0.2) is 65.7 Å². The quantitative estimate of drug-likeness (QED) is 0.508. The molecule has 3 N–H and O–H groups in total. The Morgan fingerprint density at radius 1 is 1.21 bits per heavy atom. The second-order valence-corrected chi connectivity index (χ2v) is 8.18. The van der Waals surface area contributed by atoms with Crippen LogP contribution < -0.4 is 5.14 Å². The zero-order valence-corrected chi connectivity index (χ0v) is 16.3. The number of allylic oxidation sites excluding steroid dienone is 1. The Hall–Kier alpha value is -3.67. The van der Waals surface area contributed by atoms with E-state index >= 15 is 0 Å². The number of aromatic amines is 1. The second-order valence-electron chi connectivity index (χ2n) is 6.62. The van der Waals surface area contributed by atoms with Gasteiger partial charge >= 0.3 is 0 Å². The summed E-state index contributed by atoms with van der Waals surface area (Å²) in [6, 6.07) is 18.0. The van der Waals surface area contributed by atoms with Crippen LogP contribution in [0.5, 0.6) is 0 Å². The summed E-state index contributed by atoms with van der Waals surface area (Å²) < 4.78 is 24.7. The fourth-order valence-electron chi connectivity index (χ4n) is 3.10. The van der Waals surface area contributed by atoms with Crippen LogP contribution >= 0.6 is 0 Å². The minimum atomic E-state index is -3.75. The van der Waals surface area contributed by atoms with E-state index < -0.39 is 10.0 Å². The van der Waals surface area contributed by atoms with E-state index in [-0.39, 0.29) is 4.90 Å². The molecule has 0 fully saturated rings. The monoisotopic (exact) mass is 403 g/mol. The van der Waals surface area contributed by atoms with Crippen LogP contribution in [0.3, 0.4) is 0 Å². The van der Waals surface area contributed by atoms with Crippen molar-refractivity contribution < 1.29 is 8.42 Å². The Balaban J connectivity index is 1.74. The van der Waals surface area contributed by atoms with Crippen molar-refractivity contribution in [3.8, 4) is 11.8 Å². The van der Waals surface area contributed by atoms with E-state index in [0.29, 0.717) is 11.4 Å². The summed E-state index contributed by atoms with van der Waals surface area (Å²) in [5, 5.41) is 14.8. The molecule has 0 saturated carbocycles. The molecule has 0 aliphatic rings. The van der Waals surface area contributed by atoms with E-state index in [1.54, 1.807) is 18.2 Å². The number of nitrogens with two attached hydrogens (primary N) is 1. The van der Waals surface area contributed by atoms with Crippen molar-refractivity contribution in [2.75, 3.05) is 0 Å². The summed E-state index contributed by atoms with van der Waals surface area (Å²) in [5.41, 5.74) is 4.65. The number of primary sulfonamides is 1. The highest BCUT2D eigenvalue weighted by molar-refractivity contribution is 7.89. The van der Waals surface area contributed by atoms with Gasteiger partial charge in [-0.25, -0.2) is 18.5 Å². The zero-order valence-electron chi connectivity index (χ0n) is 15.5. The number of nitriles is 1. The topological polar surface area (TPSA) is 118 Å². The Kier molecular flexibility index (Phi) is 4.54. The highest BCUT2D eigenvalue weighted by Gasteiger charge is 2.11. The smallest absolute Gasteiger partial charge is 0.238 e. The molecule has 2 aromatic carbocycles. The molecule has 2 aromatic heterocycles. The third-order valence-electron chi connectivity index (χ3n) is 4.53. The molecular weight excluding hydrogens is 386 g/mol. The average Bonchev–Trinajstić information content (AvgIpc) is 3.31. The maximum atomic E-state index is 11.4. The number of H-pyrrole nitrogens is 1. The first-order chi connectivity index (χ1) is 13.8. The molecule has 0 aliphatic heterocycles. The van der Waals surface area contributed by atoms with Crippen molar-refractivity contribution in [2.45, 2.75) is 11.8 Å². The predicted octanol–water partition coefficient (Wildman–Crippen LogP) is 3.37. The molecule has 144 valence electrons. The molecule has 0 atom stereocenters. The first-order valence-electron chi connectivity index (χ1n) is 8.74. The van der Waals surface area contributed by atoms with E-state index in [9.17, 15) is 13.7 Å². The van der Waals surface area contributed by atoms with Gasteiger partial charge in [-0.3, -0.25) is 0 Å². The number of nitrogens with zero attached hydrogens (tertiary/aromatic N) is 3. The number of hydrogen-bond acceptors (Lipinski definition) is 4. The summed E-state index contributed by atoms with van der Waals surface area (Å²) in [6.07, 6.45) is 3.56. The van der Waals surface area contributed by atoms with Crippen LogP contribution in [0, 0.1) is 18.3 Å². The molecule has 7 nitrogen and oxygen atoms in total. The Bertz CT molecular complexity index is 1390. The number of sulfonamides is 1. The number of benzene rings is 2. The predicted molar refractivity (Wildman–Crippen MR) is 111 cm³/mol. The largest absolute Gasteiger partial charge is 0.337 e. The van der Waals surface area contributed by atoms with Gasteiger partial charge in [-0.2, -0.15) is 5.26 Å². The van der Waals surface area contributed by atoms with E-state index in [1.165, 1.54) is 12.1 Å². The maximum Gasteiger partial charge on any atom is 0.238 e. The molecule has 8 heteroatoms. The summed E-state index contributed by atoms with van der Waals surface area (Å²) in [6.45, 7) is 2.00. The standard InChI is InChI=1S/C21H17N5O2S/c1-14-4-9-19-20(11-14)25-21(24-19)15(13-22)12-17-3-2-10-26(17)16-5-7-18(8-6-16)29(23,27)28/h2-12H,1H3,(H,24,25)(H2,23,27,28)/b15-12+. The van der Waals surface area contributed by atoms with Gasteiger partial charge in [0.2, 0.25) is 10.0 Å². The van der Waals surface area contributed by atoms with E-state index in [0.717, 1.165) is 28.0 Å². The number of rotatable bonds is 4. The molecular formula is C21H17N5O2S. The lowest BCUT2D eigenvalue weighted by Gasteiger charge is -2.08. The number of nitrogens with one attached hydrogen (secondary N) is 1. The Morgan fingerprint density at radius 3 is 2.66 bits per heavy atom. The van der Waals surface area contributed by atoms with Crippen LogP contribution in [0.4, 0.5) is 0 Å². The highest BCUT2D eigenvalue weighted by atomic mass is 32.2. The van der Waals surface area contributed by atoms with Gasteiger partial charge in [0, 0.05) is 17.6 Å². The minimum Gasteiger partial charge on any atom is -0.337 e. The van der Waals surface area contributed by atoms with Crippen molar-refractivity contribution in [2.24, 2.45) is 5.14 Å². The normalized spacial score (nSPS) is 12.2. The average molecular weight is 403 g/mol. The summed E-state index contributed by atoms with van der Waals surface area (Å²) in [4.78, 5) is 7.74. The van der Waals surface area contributed by atoms with Crippen molar-refractivity contribution >= 4 is 32.7 Å². The van der Waals surface area contributed by atoms with Crippen molar-refractivity contribution in [1.82, 2.24) is 14.5 Å². The third-order valence-corrected chi connectivity index (χ3v) is 5.46. The van der Waals surface area contributed by atoms with Gasteiger partial charge < -0.3 is 9.55 Å². The van der Waals surface area contributed by atoms with Crippen LogP contribution in [0.25, 0.3) is 28.4 Å². The molecule has 0 spiro atoms. The van der Waals surface area contributed by atoms with E-state index in [1.807, 2.05) is 48.0 Å². The van der Waals surface area contributed by atoms with Crippen molar-refractivity contribution in [3.05, 3.63) is 77.9 Å². The molecule has 0 radical (unpaired) electrons. The van der Waals surface area contributed by atoms with E-state index in [2.05, 4.69) is 16.0 Å². The molecule has 2 heterocycles. The van der Waals surface area contributed by atoms with Gasteiger partial charge in [-0.1, -0.05) is 6.07 Å². The summed E-state index contributed by atoms with van der Waals surface area (Å²) >= 11 is 0. The lowest BCUT2D eigenvalue weighted by atomic mass is 10.2. The molecule has 0 aliphatic carbocycles. The minimum absolute atomic E-state index is 0.0424. The number of aromatic nitrogens is 3. The van der Waals surface area contributed by atoms with Gasteiger partial charge in [-0.15, -0.1) is 0 Å². The summed E-state index contributed by atoms with van der Waals surface area (Å²) in [5.74, 6) is 0.491. The fourth-order valence-corrected chi connectivity index (χ4v) is 3.61. The fraction of sp³-hybridized carbons (Fsp3) is 0.0476. The molecule has 29 heavy (non-hydrogen) atoms. The lowest BCUT2D eigenvalue weighted by molar-refractivity contribution is 0.598. The van der Waals surface area contributed by atoms with Gasteiger partial charge in [0.1, 0.15) is 11.9 Å². The third kappa shape index (κ3) is 3.69. The maximum absolute atomic E-state index is 11.4. The highest BCUT2D eigenvalue weighted by Crippen LogP contribution is 2.22. The van der Waals surface area contributed by atoms with Gasteiger partial charge in [0.05, 0.1) is 21.5 Å².